The number of para-hydroxylation sites is 2. The van der Waals surface area contributed by atoms with Gasteiger partial charge in [-0.25, -0.2) is 10.1 Å². The number of hydrogen-bond donors (Lipinski definition) is 2. The number of amides is 1. The van der Waals surface area contributed by atoms with Gasteiger partial charge < -0.3 is 5.32 Å². The van der Waals surface area contributed by atoms with Crippen LogP contribution in [0.5, 0.6) is 0 Å². The van der Waals surface area contributed by atoms with Crippen molar-refractivity contribution in [2.75, 3.05) is 11.1 Å². The molecule has 0 atom stereocenters. The van der Waals surface area contributed by atoms with Crippen molar-refractivity contribution in [3.63, 3.8) is 0 Å². The summed E-state index contributed by atoms with van der Waals surface area (Å²) in [4.78, 5) is 16.6. The van der Waals surface area contributed by atoms with Crippen LogP contribution in [0.25, 0.3) is 16.8 Å². The first-order chi connectivity index (χ1) is 11.6. The van der Waals surface area contributed by atoms with Crippen LogP contribution in [0.3, 0.4) is 0 Å². The second kappa shape index (κ2) is 5.68. The van der Waals surface area contributed by atoms with E-state index < -0.39 is 0 Å². The van der Waals surface area contributed by atoms with Crippen molar-refractivity contribution in [3.05, 3.63) is 36.0 Å². The number of aryl methyl sites for hydroxylation is 2. The molecule has 0 aliphatic rings. The Morgan fingerprint density at radius 3 is 3.00 bits per heavy atom. The van der Waals surface area contributed by atoms with Crippen LogP contribution in [-0.2, 0) is 11.8 Å². The van der Waals surface area contributed by atoms with E-state index in [2.05, 4.69) is 25.6 Å². The van der Waals surface area contributed by atoms with E-state index in [1.54, 1.807) is 11.7 Å². The number of carbonyl (C=O) groups is 1. The number of anilines is 1. The van der Waals surface area contributed by atoms with Crippen LogP contribution >= 0.6 is 11.8 Å². The van der Waals surface area contributed by atoms with Gasteiger partial charge in [0.2, 0.25) is 11.7 Å². The molecule has 0 bridgehead atoms. The van der Waals surface area contributed by atoms with E-state index in [1.807, 2.05) is 41.7 Å². The lowest BCUT2D eigenvalue weighted by Crippen LogP contribution is -2.16. The molecule has 122 valence electrons. The lowest BCUT2D eigenvalue weighted by Gasteiger charge is -2.04. The van der Waals surface area contributed by atoms with Crippen LogP contribution in [0.1, 0.15) is 5.69 Å². The Morgan fingerprint density at radius 2 is 2.21 bits per heavy atom. The third-order valence-corrected chi connectivity index (χ3v) is 4.54. The summed E-state index contributed by atoms with van der Waals surface area (Å²) in [6.45, 7) is 1.88. The summed E-state index contributed by atoms with van der Waals surface area (Å²) in [5.74, 6) is 1.49. The summed E-state index contributed by atoms with van der Waals surface area (Å²) in [6, 6.07) is 9.65. The Bertz CT molecular complexity index is 1040. The molecule has 0 aliphatic heterocycles. The molecule has 0 fully saturated rings. The Hall–Kier alpha value is -2.81. The second-order valence-corrected chi connectivity index (χ2v) is 6.34. The number of imidazole rings is 1. The number of carbonyl (C=O) groups excluding carboxylic acids is 1. The molecular formula is C15H15N7OS. The zero-order valence-corrected chi connectivity index (χ0v) is 14.0. The van der Waals surface area contributed by atoms with Crippen LogP contribution in [0.4, 0.5) is 5.82 Å². The molecule has 0 aliphatic carbocycles. The number of thioether (sulfide) groups is 1. The molecule has 0 unspecified atom stereocenters. The maximum atomic E-state index is 12.2. The third-order valence-electron chi connectivity index (χ3n) is 3.61. The standard InChI is InChI=1S/C15H15N7OS/c1-9-7-12(21(2)20-9)17-13(23)8-24-15-19-18-14-16-10-5-3-4-6-11(10)22(14)15/h3-7H,8H2,1-2H3,(H,16,18)(H,17,23). The molecule has 8 nitrogen and oxygen atoms in total. The summed E-state index contributed by atoms with van der Waals surface area (Å²) in [7, 11) is 1.80. The predicted molar refractivity (Wildman–Crippen MR) is 92.1 cm³/mol. The first-order valence-corrected chi connectivity index (χ1v) is 8.35. The van der Waals surface area contributed by atoms with Crippen LogP contribution in [-0.4, -0.2) is 41.0 Å². The highest BCUT2D eigenvalue weighted by atomic mass is 32.2. The molecule has 3 heterocycles. The molecule has 2 N–H and O–H groups in total. The van der Waals surface area contributed by atoms with E-state index in [9.17, 15) is 4.79 Å². The van der Waals surface area contributed by atoms with Crippen LogP contribution < -0.4 is 5.32 Å². The Morgan fingerprint density at radius 1 is 1.38 bits per heavy atom. The van der Waals surface area contributed by atoms with Crippen molar-refractivity contribution in [1.29, 1.82) is 0 Å². The fraction of sp³-hybridized carbons (Fsp3) is 0.200. The highest BCUT2D eigenvalue weighted by Crippen LogP contribution is 2.23. The number of fused-ring (bicyclic) bond motifs is 3. The van der Waals surface area contributed by atoms with E-state index >= 15 is 0 Å². The summed E-state index contributed by atoms with van der Waals surface area (Å²) >= 11 is 1.35. The number of benzene rings is 1. The number of nitrogens with zero attached hydrogens (tertiary/aromatic N) is 5. The van der Waals surface area contributed by atoms with Gasteiger partial charge in [-0.05, 0) is 19.1 Å². The second-order valence-electron chi connectivity index (χ2n) is 5.40. The topological polar surface area (TPSA) is 92.9 Å². The zero-order chi connectivity index (χ0) is 16.7. The summed E-state index contributed by atoms with van der Waals surface area (Å²) in [5, 5.41) is 14.9. The van der Waals surface area contributed by atoms with Gasteiger partial charge in [0.25, 0.3) is 0 Å². The van der Waals surface area contributed by atoms with E-state index in [0.29, 0.717) is 16.8 Å². The molecule has 24 heavy (non-hydrogen) atoms. The fourth-order valence-corrected chi connectivity index (χ4v) is 3.33. The Kier molecular flexibility index (Phi) is 3.49. The fourth-order valence-electron chi connectivity index (χ4n) is 2.58. The minimum atomic E-state index is -0.108. The van der Waals surface area contributed by atoms with Gasteiger partial charge in [-0.3, -0.25) is 13.9 Å². The molecule has 3 aromatic heterocycles. The van der Waals surface area contributed by atoms with E-state index in [1.165, 1.54) is 11.8 Å². The molecule has 0 saturated carbocycles. The van der Waals surface area contributed by atoms with Crippen molar-refractivity contribution in [2.24, 2.45) is 7.05 Å². The van der Waals surface area contributed by atoms with Gasteiger partial charge in [-0.15, -0.1) is 5.10 Å². The molecule has 0 saturated heterocycles. The van der Waals surface area contributed by atoms with Crippen LogP contribution in [0, 0.1) is 6.92 Å². The summed E-state index contributed by atoms with van der Waals surface area (Å²) < 4.78 is 3.57. The number of aromatic nitrogens is 6. The van der Waals surface area contributed by atoms with Crippen LogP contribution in [0.2, 0.25) is 0 Å². The smallest absolute Gasteiger partial charge is 0.235 e. The van der Waals surface area contributed by atoms with Gasteiger partial charge in [-0.1, -0.05) is 23.9 Å². The summed E-state index contributed by atoms with van der Waals surface area (Å²) in [5.41, 5.74) is 2.72. The number of nitrogens with one attached hydrogen (secondary N) is 2. The SMILES string of the molecule is Cc1cc(NC(=O)CSc2n[nH]c3nc4ccccc4n23)n(C)n1. The average molecular weight is 341 g/mol. The minimum Gasteiger partial charge on any atom is -0.310 e. The number of rotatable bonds is 4. The number of hydrogen-bond acceptors (Lipinski definition) is 5. The summed E-state index contributed by atoms with van der Waals surface area (Å²) in [6.07, 6.45) is 0. The lowest BCUT2D eigenvalue weighted by molar-refractivity contribution is -0.113. The molecule has 0 spiro atoms. The monoisotopic (exact) mass is 341 g/mol. The van der Waals surface area contributed by atoms with E-state index in [4.69, 9.17) is 0 Å². The zero-order valence-electron chi connectivity index (χ0n) is 13.1. The highest BCUT2D eigenvalue weighted by molar-refractivity contribution is 7.99. The molecule has 4 aromatic rings. The van der Waals surface area contributed by atoms with E-state index in [-0.39, 0.29) is 11.7 Å². The van der Waals surface area contributed by atoms with E-state index in [0.717, 1.165) is 16.7 Å². The maximum absolute atomic E-state index is 12.2. The Balaban J connectivity index is 1.52. The molecule has 1 amide bonds. The van der Waals surface area contributed by atoms with Crippen molar-refractivity contribution < 1.29 is 4.79 Å². The molecule has 0 radical (unpaired) electrons. The number of H-pyrrole nitrogens is 1. The Labute approximate surface area is 141 Å². The van der Waals surface area contributed by atoms with Crippen molar-refractivity contribution in [1.82, 2.24) is 29.4 Å². The first-order valence-electron chi connectivity index (χ1n) is 7.36. The van der Waals surface area contributed by atoms with Gasteiger partial charge in [0.1, 0.15) is 5.82 Å². The first kappa shape index (κ1) is 14.8. The van der Waals surface area contributed by atoms with Crippen molar-refractivity contribution >= 4 is 40.3 Å². The van der Waals surface area contributed by atoms with Gasteiger partial charge in [0, 0.05) is 13.1 Å². The highest BCUT2D eigenvalue weighted by Gasteiger charge is 2.14. The lowest BCUT2D eigenvalue weighted by atomic mass is 10.3. The van der Waals surface area contributed by atoms with Gasteiger partial charge in [0.05, 0.1) is 22.5 Å². The average Bonchev–Trinajstić information content (AvgIpc) is 3.19. The van der Waals surface area contributed by atoms with Gasteiger partial charge in [-0.2, -0.15) is 5.10 Å². The van der Waals surface area contributed by atoms with Gasteiger partial charge in [0.15, 0.2) is 5.16 Å². The molecule has 1 aromatic carbocycles. The normalized spacial score (nSPS) is 11.4. The van der Waals surface area contributed by atoms with Crippen LogP contribution in [0.15, 0.2) is 35.5 Å². The minimum absolute atomic E-state index is 0.108. The molecule has 9 heteroatoms. The quantitative estimate of drug-likeness (QED) is 0.554. The molecular weight excluding hydrogens is 326 g/mol. The maximum Gasteiger partial charge on any atom is 0.235 e. The predicted octanol–water partition coefficient (Wildman–Crippen LogP) is 1.98. The largest absolute Gasteiger partial charge is 0.310 e. The third kappa shape index (κ3) is 2.52. The number of aromatic amines is 1. The van der Waals surface area contributed by atoms with Crippen molar-refractivity contribution in [2.45, 2.75) is 12.1 Å². The molecule has 4 rings (SSSR count). The van der Waals surface area contributed by atoms with Gasteiger partial charge >= 0.3 is 0 Å². The van der Waals surface area contributed by atoms with Crippen molar-refractivity contribution in [3.8, 4) is 0 Å².